The Morgan fingerprint density at radius 2 is 1.81 bits per heavy atom. The molecule has 2 fully saturated rings. The van der Waals surface area contributed by atoms with Crippen LogP contribution in [0.3, 0.4) is 0 Å². The third kappa shape index (κ3) is 6.61. The normalized spacial score (nSPS) is 24.8. The first-order chi connectivity index (χ1) is 12.6. The highest BCUT2D eigenvalue weighted by Crippen LogP contribution is 2.47. The van der Waals surface area contributed by atoms with Crippen molar-refractivity contribution in [1.29, 1.82) is 0 Å². The molecule has 1 aliphatic carbocycles. The Balaban J connectivity index is 0.00000261. The number of halogens is 1. The molecule has 2 aliphatic rings. The standard InChI is InChI=1S/C21H34N4O.HI/c1-17-14-25(15-18(2)26-17)13-7-12-23-20(22-3)24-16-21(10-11-21)19-8-5-4-6-9-19;/h4-6,8-9,17-18H,7,10-16H2,1-3H3,(H2,22,23,24);1H. The van der Waals surface area contributed by atoms with Gasteiger partial charge in [-0.15, -0.1) is 24.0 Å². The molecule has 2 N–H and O–H groups in total. The fourth-order valence-electron chi connectivity index (χ4n) is 3.96. The minimum absolute atomic E-state index is 0. The zero-order chi connectivity index (χ0) is 18.4. The van der Waals surface area contributed by atoms with Gasteiger partial charge in [-0.2, -0.15) is 0 Å². The first-order valence-electron chi connectivity index (χ1n) is 9.99. The minimum atomic E-state index is 0. The zero-order valence-corrected chi connectivity index (χ0v) is 19.2. The summed E-state index contributed by atoms with van der Waals surface area (Å²) in [6.07, 6.45) is 4.31. The number of nitrogens with one attached hydrogen (secondary N) is 2. The summed E-state index contributed by atoms with van der Waals surface area (Å²) in [6, 6.07) is 10.8. The molecule has 0 bridgehead atoms. The molecule has 0 spiro atoms. The summed E-state index contributed by atoms with van der Waals surface area (Å²) >= 11 is 0. The van der Waals surface area contributed by atoms with Crippen molar-refractivity contribution in [2.24, 2.45) is 4.99 Å². The second kappa shape index (κ2) is 10.6. The maximum absolute atomic E-state index is 5.80. The molecule has 0 radical (unpaired) electrons. The molecule has 1 heterocycles. The number of rotatable bonds is 7. The number of nitrogens with zero attached hydrogens (tertiary/aromatic N) is 2. The Hall–Kier alpha value is -0.860. The van der Waals surface area contributed by atoms with E-state index in [2.05, 4.69) is 64.7 Å². The minimum Gasteiger partial charge on any atom is -0.373 e. The lowest BCUT2D eigenvalue weighted by Gasteiger charge is -2.35. The van der Waals surface area contributed by atoms with E-state index in [9.17, 15) is 0 Å². The van der Waals surface area contributed by atoms with E-state index >= 15 is 0 Å². The van der Waals surface area contributed by atoms with Crippen LogP contribution < -0.4 is 10.6 Å². The van der Waals surface area contributed by atoms with E-state index in [1.54, 1.807) is 0 Å². The number of morpholine rings is 1. The number of ether oxygens (including phenoxy) is 1. The molecule has 3 rings (SSSR count). The molecular formula is C21H35IN4O. The Kier molecular flexibility index (Phi) is 8.82. The van der Waals surface area contributed by atoms with E-state index in [1.165, 1.54) is 18.4 Å². The predicted octanol–water partition coefficient (Wildman–Crippen LogP) is 3.00. The molecule has 152 valence electrons. The summed E-state index contributed by atoms with van der Waals surface area (Å²) in [4.78, 5) is 6.89. The first kappa shape index (κ1) is 22.4. The molecule has 1 saturated heterocycles. The van der Waals surface area contributed by atoms with E-state index in [0.717, 1.165) is 45.1 Å². The average Bonchev–Trinajstić information content (AvgIpc) is 3.42. The van der Waals surface area contributed by atoms with Gasteiger partial charge in [0.15, 0.2) is 5.96 Å². The molecule has 5 nitrogen and oxygen atoms in total. The third-order valence-corrected chi connectivity index (χ3v) is 5.50. The van der Waals surface area contributed by atoms with Gasteiger partial charge in [-0.25, -0.2) is 0 Å². The van der Waals surface area contributed by atoms with Gasteiger partial charge >= 0.3 is 0 Å². The van der Waals surface area contributed by atoms with Crippen molar-refractivity contribution in [2.75, 3.05) is 39.8 Å². The Bertz CT molecular complexity index is 581. The van der Waals surface area contributed by atoms with Gasteiger partial charge in [0.25, 0.3) is 0 Å². The fourth-order valence-corrected chi connectivity index (χ4v) is 3.96. The molecule has 6 heteroatoms. The van der Waals surface area contributed by atoms with Crippen molar-refractivity contribution in [3.8, 4) is 0 Å². The maximum Gasteiger partial charge on any atom is 0.191 e. The second-order valence-electron chi connectivity index (χ2n) is 7.87. The molecule has 0 aromatic heterocycles. The quantitative estimate of drug-likeness (QED) is 0.269. The van der Waals surface area contributed by atoms with Crippen LogP contribution in [-0.2, 0) is 10.2 Å². The van der Waals surface area contributed by atoms with Crippen molar-refractivity contribution in [1.82, 2.24) is 15.5 Å². The van der Waals surface area contributed by atoms with E-state index in [4.69, 9.17) is 4.74 Å². The van der Waals surface area contributed by atoms with Gasteiger partial charge in [-0.05, 0) is 38.7 Å². The smallest absolute Gasteiger partial charge is 0.191 e. The van der Waals surface area contributed by atoms with Gasteiger partial charge in [0.2, 0.25) is 0 Å². The zero-order valence-electron chi connectivity index (χ0n) is 16.9. The van der Waals surface area contributed by atoms with Crippen molar-refractivity contribution in [3.63, 3.8) is 0 Å². The van der Waals surface area contributed by atoms with Gasteiger partial charge in [0.1, 0.15) is 0 Å². The summed E-state index contributed by atoms with van der Waals surface area (Å²) in [5.74, 6) is 0.913. The topological polar surface area (TPSA) is 48.9 Å². The lowest BCUT2D eigenvalue weighted by atomic mass is 9.96. The van der Waals surface area contributed by atoms with Crippen LogP contribution >= 0.6 is 24.0 Å². The van der Waals surface area contributed by atoms with Gasteiger partial charge in [-0.1, -0.05) is 30.3 Å². The largest absolute Gasteiger partial charge is 0.373 e. The van der Waals surface area contributed by atoms with Crippen molar-refractivity contribution in [2.45, 2.75) is 50.7 Å². The van der Waals surface area contributed by atoms with Crippen molar-refractivity contribution >= 4 is 29.9 Å². The summed E-state index contributed by atoms with van der Waals surface area (Å²) < 4.78 is 5.80. The lowest BCUT2D eigenvalue weighted by molar-refractivity contribution is -0.0679. The molecule has 1 aliphatic heterocycles. The maximum atomic E-state index is 5.80. The summed E-state index contributed by atoms with van der Waals surface area (Å²) in [5, 5.41) is 6.99. The summed E-state index contributed by atoms with van der Waals surface area (Å²) in [6.45, 7) is 9.40. The number of benzene rings is 1. The van der Waals surface area contributed by atoms with Crippen molar-refractivity contribution < 1.29 is 4.74 Å². The molecule has 1 saturated carbocycles. The van der Waals surface area contributed by atoms with Crippen LogP contribution in [0.2, 0.25) is 0 Å². The van der Waals surface area contributed by atoms with E-state index < -0.39 is 0 Å². The molecular weight excluding hydrogens is 451 g/mol. The lowest BCUT2D eigenvalue weighted by Crippen LogP contribution is -2.46. The monoisotopic (exact) mass is 486 g/mol. The van der Waals surface area contributed by atoms with Crippen molar-refractivity contribution in [3.05, 3.63) is 35.9 Å². The SMILES string of the molecule is CN=C(NCCCN1CC(C)OC(C)C1)NCC1(c2ccccc2)CC1.I. The van der Waals surface area contributed by atoms with Crippen LogP contribution in [0.4, 0.5) is 0 Å². The molecule has 2 unspecified atom stereocenters. The fraction of sp³-hybridized carbons (Fsp3) is 0.667. The predicted molar refractivity (Wildman–Crippen MR) is 123 cm³/mol. The molecule has 0 amide bonds. The average molecular weight is 486 g/mol. The summed E-state index contributed by atoms with van der Waals surface area (Å²) in [5.41, 5.74) is 1.75. The first-order valence-corrected chi connectivity index (χ1v) is 9.99. The molecule has 1 aromatic carbocycles. The molecule has 1 aromatic rings. The van der Waals surface area contributed by atoms with E-state index in [-0.39, 0.29) is 24.0 Å². The highest BCUT2D eigenvalue weighted by atomic mass is 127. The number of guanidine groups is 1. The van der Waals surface area contributed by atoms with E-state index in [0.29, 0.717) is 17.6 Å². The van der Waals surface area contributed by atoms with Crippen LogP contribution in [0.5, 0.6) is 0 Å². The third-order valence-electron chi connectivity index (χ3n) is 5.50. The van der Waals surface area contributed by atoms with Gasteiger partial charge in [0.05, 0.1) is 12.2 Å². The highest BCUT2D eigenvalue weighted by molar-refractivity contribution is 14.0. The van der Waals surface area contributed by atoms with Crippen LogP contribution in [0.15, 0.2) is 35.3 Å². The molecule has 2 atom stereocenters. The van der Waals surface area contributed by atoms with Crippen LogP contribution in [0.1, 0.15) is 38.7 Å². The number of hydrogen-bond donors (Lipinski definition) is 2. The number of hydrogen-bond acceptors (Lipinski definition) is 3. The Morgan fingerprint density at radius 3 is 2.41 bits per heavy atom. The molecule has 27 heavy (non-hydrogen) atoms. The van der Waals surface area contributed by atoms with Crippen LogP contribution in [0, 0.1) is 0 Å². The van der Waals surface area contributed by atoms with Gasteiger partial charge < -0.3 is 15.4 Å². The van der Waals surface area contributed by atoms with Gasteiger partial charge in [0, 0.05) is 45.2 Å². The Labute approximate surface area is 181 Å². The second-order valence-corrected chi connectivity index (χ2v) is 7.87. The van der Waals surface area contributed by atoms with Gasteiger partial charge in [-0.3, -0.25) is 9.89 Å². The van der Waals surface area contributed by atoms with E-state index in [1.807, 2.05) is 7.05 Å². The van der Waals surface area contributed by atoms with Crippen LogP contribution in [0.25, 0.3) is 0 Å². The van der Waals surface area contributed by atoms with Crippen LogP contribution in [-0.4, -0.2) is 62.8 Å². The number of aliphatic imine (C=N–C) groups is 1. The summed E-state index contributed by atoms with van der Waals surface area (Å²) in [7, 11) is 1.85. The Morgan fingerprint density at radius 1 is 1.15 bits per heavy atom. The highest BCUT2D eigenvalue weighted by Gasteiger charge is 2.43.